The minimum Gasteiger partial charge on any atom is -0.570 e. The van der Waals surface area contributed by atoms with Crippen LogP contribution in [0.4, 0.5) is 0 Å². The first-order valence-corrected chi connectivity index (χ1v) is 9.84. The van der Waals surface area contributed by atoms with E-state index >= 15 is 0 Å². The van der Waals surface area contributed by atoms with Crippen LogP contribution in [0.2, 0.25) is 0 Å². The van der Waals surface area contributed by atoms with E-state index in [0.717, 1.165) is 5.56 Å². The van der Waals surface area contributed by atoms with Crippen molar-refractivity contribution in [2.75, 3.05) is 7.11 Å². The van der Waals surface area contributed by atoms with E-state index < -0.39 is 0 Å². The van der Waals surface area contributed by atoms with Gasteiger partial charge in [-0.05, 0) is 24.1 Å². The van der Waals surface area contributed by atoms with E-state index in [4.69, 9.17) is 0 Å². The van der Waals surface area contributed by atoms with Gasteiger partial charge in [0.2, 0.25) is 0 Å². The molecule has 1 unspecified atom stereocenters. The van der Waals surface area contributed by atoms with Crippen molar-refractivity contribution in [2.24, 2.45) is 0 Å². The monoisotopic (exact) mass is 585 g/mol. The topological polar surface area (TPSA) is 31.0 Å². The Kier molecular flexibility index (Phi) is 35.2. The maximum Gasteiger partial charge on any atom is 0.130 e. The Balaban J connectivity index is -0.000000160. The summed E-state index contributed by atoms with van der Waals surface area (Å²) >= 11 is 0. The number of benzene rings is 2. The van der Waals surface area contributed by atoms with E-state index in [0.29, 0.717) is 6.10 Å². The van der Waals surface area contributed by atoms with Gasteiger partial charge in [-0.3, -0.25) is 0 Å². The Labute approximate surface area is 200 Å². The molecule has 1 heterocycles. The van der Waals surface area contributed by atoms with Crippen LogP contribution in [0.3, 0.4) is 0 Å². The Morgan fingerprint density at radius 3 is 1.50 bits per heavy atom. The molecule has 1 aliphatic heterocycles. The fraction of sp³-hybridized carbons (Fsp3) is 0.346. The zero-order valence-electron chi connectivity index (χ0n) is 18.9. The van der Waals surface area contributed by atoms with Crippen molar-refractivity contribution in [2.45, 2.75) is 55.1 Å². The second kappa shape index (κ2) is 29.5. The van der Waals surface area contributed by atoms with E-state index in [9.17, 15) is 0 Å². The van der Waals surface area contributed by atoms with E-state index in [1.54, 1.807) is 6.61 Å². The van der Waals surface area contributed by atoms with E-state index in [2.05, 4.69) is 32.7 Å². The molecule has 0 amide bonds. The molecule has 4 heteroatoms. The summed E-state index contributed by atoms with van der Waals surface area (Å²) in [5.74, 6) is 0. The molecule has 1 aliphatic rings. The summed E-state index contributed by atoms with van der Waals surface area (Å²) in [5, 5.41) is 0. The molecule has 1 fully saturated rings. The fourth-order valence-corrected chi connectivity index (χ4v) is 1.56. The molecule has 3 rings (SSSR count). The molecule has 170 valence electrons. The Hall–Kier alpha value is -1.67. The Morgan fingerprint density at radius 1 is 0.833 bits per heavy atom. The van der Waals surface area contributed by atoms with Gasteiger partial charge < -0.3 is 9.62 Å². The van der Waals surface area contributed by atoms with Gasteiger partial charge in [0.15, 0.2) is 0 Å². The number of epoxide rings is 1. The van der Waals surface area contributed by atoms with E-state index in [1.165, 1.54) is 18.9 Å². The van der Waals surface area contributed by atoms with Gasteiger partial charge in [-0.15, -0.1) is 0 Å². The molecule has 1 saturated heterocycles. The molecule has 3 nitrogen and oxygen atoms in total. The summed E-state index contributed by atoms with van der Waals surface area (Å²) in [4.78, 5) is 8.93. The van der Waals surface area contributed by atoms with Crippen LogP contribution in [-0.2, 0) is 35.6 Å². The quantitative estimate of drug-likeness (QED) is 0.119. The second-order valence-electron chi connectivity index (χ2n) is 4.86. The molecular weight excluding hydrogens is 544 g/mol. The van der Waals surface area contributed by atoms with Gasteiger partial charge in [0.05, 0.1) is 7.11 Å². The average molecular weight is 585 g/mol. The molecule has 0 aliphatic carbocycles. The first-order valence-electron chi connectivity index (χ1n) is 9.84. The maximum atomic E-state index is 4.58. The number of ether oxygens (including phenoxy) is 1. The zero-order chi connectivity index (χ0) is 21.5. The third-order valence-corrected chi connectivity index (χ3v) is 2.78. The van der Waals surface area contributed by atoms with Crippen LogP contribution in [0, 0.1) is 6.61 Å². The normalized spacial score (nSPS) is 12.6. The molecule has 0 saturated carbocycles. The van der Waals surface area contributed by atoms with Crippen LogP contribution < -0.4 is 0 Å². The molecule has 30 heavy (non-hydrogen) atoms. The van der Waals surface area contributed by atoms with Gasteiger partial charge in [0, 0.05) is 21.1 Å². The van der Waals surface area contributed by atoms with Gasteiger partial charge in [-0.25, -0.2) is 0 Å². The third-order valence-electron chi connectivity index (χ3n) is 2.78. The summed E-state index contributed by atoms with van der Waals surface area (Å²) in [6, 6.07) is 20.1. The van der Waals surface area contributed by atoms with Crippen molar-refractivity contribution < 1.29 is 35.6 Å². The molecule has 2 aromatic carbocycles. The van der Waals surface area contributed by atoms with Crippen molar-refractivity contribution in [1.29, 1.82) is 0 Å². The third kappa shape index (κ3) is 26.3. The van der Waals surface area contributed by atoms with Crippen LogP contribution in [0.1, 0.15) is 60.1 Å². The van der Waals surface area contributed by atoms with E-state index in [1.807, 2.05) is 102 Å². The number of hydrogen-bond acceptors (Lipinski definition) is 3. The minimum absolute atomic E-state index is 0. The number of rotatable bonds is 4. The summed E-state index contributed by atoms with van der Waals surface area (Å²) in [7, 11) is 1.47. The van der Waals surface area contributed by atoms with Gasteiger partial charge in [0.25, 0.3) is 0 Å². The zero-order valence-corrected chi connectivity index (χ0v) is 21.8. The van der Waals surface area contributed by atoms with Crippen molar-refractivity contribution >= 4 is 12.2 Å². The second-order valence-corrected chi connectivity index (χ2v) is 4.86. The van der Waals surface area contributed by atoms with Gasteiger partial charge in [-0.2, -0.15) is 11.5 Å². The molecule has 0 bridgehead atoms. The first-order chi connectivity index (χ1) is 13.8. The summed E-state index contributed by atoms with van der Waals surface area (Å²) in [5.41, 5.74) is 2.35. The predicted molar refractivity (Wildman–Crippen MR) is 129 cm³/mol. The largest absolute Gasteiger partial charge is 0.570 e. The van der Waals surface area contributed by atoms with Crippen LogP contribution in [0.25, 0.3) is 12.2 Å². The molecule has 0 radical (unpaired) electrons. The van der Waals surface area contributed by atoms with Gasteiger partial charge in [0.1, 0.15) is 6.26 Å². The average Bonchev–Trinajstić information content (AvgIpc) is 3.56. The summed E-state index contributed by atoms with van der Waals surface area (Å²) < 4.78 is 4.58. The predicted octanol–water partition coefficient (Wildman–Crippen LogP) is 8.21. The van der Waals surface area contributed by atoms with Gasteiger partial charge >= 0.3 is 0 Å². The Morgan fingerprint density at radius 2 is 1.20 bits per heavy atom. The molecule has 0 N–H and O–H groups in total. The molecule has 0 spiro atoms. The Bertz CT molecular complexity index is 580. The first kappa shape index (κ1) is 35.7. The van der Waals surface area contributed by atoms with Crippen LogP contribution >= 0.6 is 0 Å². The van der Waals surface area contributed by atoms with Crippen molar-refractivity contribution in [3.63, 3.8) is 0 Å². The van der Waals surface area contributed by atoms with Gasteiger partial charge in [-0.1, -0.05) is 121 Å². The smallest absolute Gasteiger partial charge is 0.130 e. The molecular formula is C26H41O3W-. The van der Waals surface area contributed by atoms with E-state index in [-0.39, 0.29) is 28.5 Å². The standard InChI is InChI=1S/C9H10O2.C9H10.C3H5O.2C2H6.CH4.W/c1-10-11-8-7-9-5-3-2-4-6-9;1-2-6-9-7-4-3-5-8-9;1-3-2-4-3;2*1-2;;/h2-8H,1H3;2-8H,1H3;2-3H,1H3;2*1-2H3;1H4;/q;;-1;;;;/b8-7-;;;;;;. The van der Waals surface area contributed by atoms with Crippen molar-refractivity contribution in [1.82, 2.24) is 0 Å². The van der Waals surface area contributed by atoms with Crippen LogP contribution in [0.15, 0.2) is 73.0 Å². The minimum atomic E-state index is 0. The number of allylic oxidation sites excluding steroid dienone is 1. The maximum absolute atomic E-state index is 4.58. The fourth-order valence-electron chi connectivity index (χ4n) is 1.56. The van der Waals surface area contributed by atoms with Crippen LogP contribution in [0.5, 0.6) is 0 Å². The molecule has 2 aromatic rings. The molecule has 0 aromatic heterocycles. The summed E-state index contributed by atoms with van der Waals surface area (Å²) in [6.07, 6.45) is 7.90. The van der Waals surface area contributed by atoms with Crippen LogP contribution in [-0.4, -0.2) is 13.2 Å². The summed E-state index contributed by atoms with van der Waals surface area (Å²) in [6.45, 7) is 13.8. The van der Waals surface area contributed by atoms with Crippen molar-refractivity contribution in [3.8, 4) is 0 Å². The van der Waals surface area contributed by atoms with Crippen molar-refractivity contribution in [3.05, 3.63) is 90.7 Å². The molecule has 1 atom stereocenters. The number of hydrogen-bond donors (Lipinski definition) is 0. The SMILES string of the molecule is C.CC.CC.CC1[CH-]O1.CC=Cc1ccccc1.COO/C=C\c1ccccc1.[W].